The highest BCUT2D eigenvalue weighted by Gasteiger charge is 2.34. The van der Waals surface area contributed by atoms with Crippen LogP contribution in [-0.2, 0) is 0 Å². The largest absolute Gasteiger partial charge is 0.339 e. The van der Waals surface area contributed by atoms with Crippen molar-refractivity contribution in [1.82, 2.24) is 10.6 Å². The first-order chi connectivity index (χ1) is 12.1. The van der Waals surface area contributed by atoms with Gasteiger partial charge in [-0.1, -0.05) is 34.8 Å². The van der Waals surface area contributed by atoms with Gasteiger partial charge in [-0.2, -0.15) is 0 Å². The molecule has 1 atom stereocenters. The number of thiocarbonyl (C=S) groups is 1. The number of carbonyl (C=O) groups excluding carboxylic acids is 1. The van der Waals surface area contributed by atoms with Gasteiger partial charge >= 0.3 is 0 Å². The second kappa shape index (κ2) is 8.81. The van der Waals surface area contributed by atoms with Crippen molar-refractivity contribution in [2.45, 2.75) is 9.96 Å². The molecule has 26 heavy (non-hydrogen) atoms. The molecular formula is C16H12Cl3F2N3OS. The van der Waals surface area contributed by atoms with E-state index in [4.69, 9.17) is 47.0 Å². The van der Waals surface area contributed by atoms with E-state index in [0.717, 1.165) is 12.1 Å². The molecule has 10 heteroatoms. The molecule has 0 fully saturated rings. The van der Waals surface area contributed by atoms with Gasteiger partial charge in [0.1, 0.15) is 17.8 Å². The van der Waals surface area contributed by atoms with Gasteiger partial charge in [0.05, 0.1) is 0 Å². The average molecular weight is 439 g/mol. The second-order valence-corrected chi connectivity index (χ2v) is 7.84. The van der Waals surface area contributed by atoms with Crippen LogP contribution in [-0.4, -0.2) is 21.0 Å². The molecule has 2 aromatic carbocycles. The van der Waals surface area contributed by atoms with Crippen molar-refractivity contribution in [1.29, 1.82) is 0 Å². The summed E-state index contributed by atoms with van der Waals surface area (Å²) < 4.78 is 23.9. The number of nitrogens with one attached hydrogen (secondary N) is 3. The number of carbonyl (C=O) groups is 1. The normalized spacial score (nSPS) is 12.2. The van der Waals surface area contributed by atoms with Crippen molar-refractivity contribution in [3.63, 3.8) is 0 Å². The fourth-order valence-electron chi connectivity index (χ4n) is 1.85. The highest BCUT2D eigenvalue weighted by molar-refractivity contribution is 7.80. The van der Waals surface area contributed by atoms with Crippen LogP contribution in [0.1, 0.15) is 10.4 Å². The molecule has 2 rings (SSSR count). The van der Waals surface area contributed by atoms with Crippen LogP contribution >= 0.6 is 47.0 Å². The number of hydrogen-bond acceptors (Lipinski definition) is 2. The molecule has 0 spiro atoms. The minimum Gasteiger partial charge on any atom is -0.339 e. The Morgan fingerprint density at radius 2 is 1.42 bits per heavy atom. The molecule has 0 unspecified atom stereocenters. The maximum Gasteiger partial charge on any atom is 0.252 e. The van der Waals surface area contributed by atoms with Crippen molar-refractivity contribution in [3.05, 3.63) is 65.7 Å². The number of halogens is 5. The zero-order chi connectivity index (χ0) is 19.3. The number of amides is 1. The summed E-state index contributed by atoms with van der Waals surface area (Å²) in [6.45, 7) is 0. The fourth-order valence-corrected chi connectivity index (χ4v) is 2.41. The molecule has 0 saturated heterocycles. The first-order valence-corrected chi connectivity index (χ1v) is 8.65. The van der Waals surface area contributed by atoms with Gasteiger partial charge in [-0.25, -0.2) is 8.78 Å². The van der Waals surface area contributed by atoms with Gasteiger partial charge in [0.15, 0.2) is 5.11 Å². The summed E-state index contributed by atoms with van der Waals surface area (Å²) in [5.41, 5.74) is 0.668. The van der Waals surface area contributed by atoms with Crippen LogP contribution in [0.15, 0.2) is 48.5 Å². The maximum absolute atomic E-state index is 12.9. The zero-order valence-electron chi connectivity index (χ0n) is 12.9. The van der Waals surface area contributed by atoms with E-state index in [2.05, 4.69) is 16.0 Å². The predicted octanol–water partition coefficient (Wildman–Crippen LogP) is 4.38. The van der Waals surface area contributed by atoms with Gasteiger partial charge in [-0.15, -0.1) is 0 Å². The molecule has 1 amide bonds. The van der Waals surface area contributed by atoms with Crippen LogP contribution < -0.4 is 16.0 Å². The Labute approximate surface area is 168 Å². The summed E-state index contributed by atoms with van der Waals surface area (Å²) in [4.78, 5) is 12.2. The van der Waals surface area contributed by atoms with Crippen molar-refractivity contribution >= 4 is 63.7 Å². The Morgan fingerprint density at radius 1 is 0.923 bits per heavy atom. The molecule has 0 aromatic heterocycles. The van der Waals surface area contributed by atoms with Crippen molar-refractivity contribution in [2.75, 3.05) is 5.32 Å². The summed E-state index contributed by atoms with van der Waals surface area (Å²) in [6.07, 6.45) is -1.19. The molecule has 0 bridgehead atoms. The molecule has 2 aromatic rings. The SMILES string of the molecule is O=C(N[C@@H](NC(=S)Nc1ccc(F)cc1)C(Cl)(Cl)Cl)c1ccc(F)cc1. The number of alkyl halides is 3. The third kappa shape index (κ3) is 6.25. The van der Waals surface area contributed by atoms with Gasteiger partial charge < -0.3 is 16.0 Å². The Balaban J connectivity index is 2.04. The van der Waals surface area contributed by atoms with Crippen LogP contribution in [0.3, 0.4) is 0 Å². The molecule has 0 saturated carbocycles. The topological polar surface area (TPSA) is 53.2 Å². The lowest BCUT2D eigenvalue weighted by molar-refractivity contribution is 0.0934. The first kappa shape index (κ1) is 20.6. The van der Waals surface area contributed by atoms with Crippen LogP contribution in [0.2, 0.25) is 0 Å². The van der Waals surface area contributed by atoms with Crippen LogP contribution in [0.5, 0.6) is 0 Å². The zero-order valence-corrected chi connectivity index (χ0v) is 16.0. The van der Waals surface area contributed by atoms with Crippen LogP contribution in [0.25, 0.3) is 0 Å². The van der Waals surface area contributed by atoms with Gasteiger partial charge in [0.25, 0.3) is 5.91 Å². The minimum absolute atomic E-state index is 0.0346. The van der Waals surface area contributed by atoms with E-state index in [0.29, 0.717) is 5.69 Å². The predicted molar refractivity (Wildman–Crippen MR) is 104 cm³/mol. The summed E-state index contributed by atoms with van der Waals surface area (Å²) in [6, 6.07) is 10.3. The fraction of sp³-hybridized carbons (Fsp3) is 0.125. The van der Waals surface area contributed by atoms with E-state index in [9.17, 15) is 13.6 Å². The Morgan fingerprint density at radius 3 is 1.92 bits per heavy atom. The molecule has 0 heterocycles. The third-order valence-corrected chi connectivity index (χ3v) is 3.96. The minimum atomic E-state index is -1.94. The first-order valence-electron chi connectivity index (χ1n) is 7.11. The van der Waals surface area contributed by atoms with Gasteiger partial charge in [-0.05, 0) is 60.7 Å². The molecule has 3 N–H and O–H groups in total. The number of benzene rings is 2. The number of rotatable bonds is 4. The van der Waals surface area contributed by atoms with Gasteiger partial charge in [0, 0.05) is 11.3 Å². The van der Waals surface area contributed by atoms with Crippen LogP contribution in [0.4, 0.5) is 14.5 Å². The van der Waals surface area contributed by atoms with E-state index < -0.39 is 27.5 Å². The third-order valence-electron chi connectivity index (χ3n) is 3.09. The van der Waals surface area contributed by atoms with Crippen LogP contribution in [0, 0.1) is 11.6 Å². The van der Waals surface area contributed by atoms with Gasteiger partial charge in [0.2, 0.25) is 3.79 Å². The van der Waals surface area contributed by atoms with Gasteiger partial charge in [-0.3, -0.25) is 4.79 Å². The lowest BCUT2D eigenvalue weighted by Crippen LogP contribution is -2.56. The molecular weight excluding hydrogens is 427 g/mol. The Kier molecular flexibility index (Phi) is 7.00. The molecule has 4 nitrogen and oxygen atoms in total. The summed E-state index contributed by atoms with van der Waals surface area (Å²) in [5.74, 6) is -1.49. The van der Waals surface area contributed by atoms with Crippen molar-refractivity contribution in [3.8, 4) is 0 Å². The smallest absolute Gasteiger partial charge is 0.252 e. The van der Waals surface area contributed by atoms with E-state index >= 15 is 0 Å². The Bertz CT molecular complexity index is 783. The summed E-state index contributed by atoms with van der Waals surface area (Å²) >= 11 is 22.7. The van der Waals surface area contributed by atoms with E-state index in [1.165, 1.54) is 36.4 Å². The molecule has 0 radical (unpaired) electrons. The quantitative estimate of drug-likeness (QED) is 0.377. The second-order valence-electron chi connectivity index (χ2n) is 5.06. The maximum atomic E-state index is 12.9. The lowest BCUT2D eigenvalue weighted by atomic mass is 10.2. The van der Waals surface area contributed by atoms with Crippen molar-refractivity contribution in [2.24, 2.45) is 0 Å². The average Bonchev–Trinajstić information content (AvgIpc) is 2.56. The lowest BCUT2D eigenvalue weighted by Gasteiger charge is -2.27. The standard InChI is InChI=1S/C16H12Cl3F2N3OS/c17-16(18,19)14(23-13(25)9-1-3-10(20)4-2-9)24-15(26)22-12-7-5-11(21)6-8-12/h1-8,14H,(H,23,25)(H2,22,24,26)/t14-/m0/s1. The molecule has 0 aliphatic carbocycles. The van der Waals surface area contributed by atoms with E-state index in [-0.39, 0.29) is 10.7 Å². The van der Waals surface area contributed by atoms with Crippen molar-refractivity contribution < 1.29 is 13.6 Å². The highest BCUT2D eigenvalue weighted by atomic mass is 35.6. The monoisotopic (exact) mass is 437 g/mol. The molecule has 0 aliphatic heterocycles. The van der Waals surface area contributed by atoms with E-state index in [1.807, 2.05) is 0 Å². The van der Waals surface area contributed by atoms with E-state index in [1.54, 1.807) is 0 Å². The number of anilines is 1. The highest BCUT2D eigenvalue weighted by Crippen LogP contribution is 2.29. The molecule has 0 aliphatic rings. The summed E-state index contributed by atoms with van der Waals surface area (Å²) in [7, 11) is 0. The molecule has 138 valence electrons. The Hall–Kier alpha value is -1.67. The summed E-state index contributed by atoms with van der Waals surface area (Å²) in [5, 5.41) is 7.92. The number of hydrogen-bond donors (Lipinski definition) is 3.